The SMILES string of the molecule is CN=C(NCCCC1CCCCC1)NCc1cccc(CN2CCCC2=O)c1. The lowest BCUT2D eigenvalue weighted by Gasteiger charge is -2.21. The van der Waals surface area contributed by atoms with E-state index >= 15 is 0 Å². The van der Waals surface area contributed by atoms with E-state index in [2.05, 4.69) is 39.9 Å². The number of benzene rings is 1. The Morgan fingerprint density at radius 1 is 1.14 bits per heavy atom. The normalized spacial score (nSPS) is 18.5. The van der Waals surface area contributed by atoms with Crippen LogP contribution in [-0.4, -0.2) is 36.9 Å². The van der Waals surface area contributed by atoms with Crippen molar-refractivity contribution in [1.29, 1.82) is 0 Å². The zero-order valence-electron chi connectivity index (χ0n) is 17.4. The van der Waals surface area contributed by atoms with Crippen molar-refractivity contribution in [3.05, 3.63) is 35.4 Å². The molecule has 2 aliphatic rings. The Hall–Kier alpha value is -2.04. The number of likely N-dealkylation sites (tertiary alicyclic amines) is 1. The van der Waals surface area contributed by atoms with Gasteiger partial charge in [0.15, 0.2) is 5.96 Å². The largest absolute Gasteiger partial charge is 0.356 e. The summed E-state index contributed by atoms with van der Waals surface area (Å²) in [6.07, 6.45) is 11.4. The predicted octanol–water partition coefficient (Wildman–Crippen LogP) is 3.83. The topological polar surface area (TPSA) is 56.7 Å². The van der Waals surface area contributed by atoms with Crippen LogP contribution in [0, 0.1) is 5.92 Å². The van der Waals surface area contributed by atoms with E-state index in [9.17, 15) is 4.79 Å². The maximum Gasteiger partial charge on any atom is 0.222 e. The molecule has 1 aliphatic heterocycles. The Bertz CT molecular complexity index is 652. The number of nitrogens with one attached hydrogen (secondary N) is 2. The molecule has 2 fully saturated rings. The van der Waals surface area contributed by atoms with Gasteiger partial charge in [-0.25, -0.2) is 0 Å². The molecule has 1 aliphatic carbocycles. The maximum atomic E-state index is 11.8. The number of hydrogen-bond donors (Lipinski definition) is 2. The molecular formula is C23H36N4O. The fraction of sp³-hybridized carbons (Fsp3) is 0.652. The van der Waals surface area contributed by atoms with Gasteiger partial charge in [0, 0.05) is 39.6 Å². The van der Waals surface area contributed by atoms with Gasteiger partial charge < -0.3 is 15.5 Å². The highest BCUT2D eigenvalue weighted by molar-refractivity contribution is 5.79. The van der Waals surface area contributed by atoms with Crippen LogP contribution in [0.3, 0.4) is 0 Å². The second-order valence-corrected chi connectivity index (χ2v) is 8.24. The van der Waals surface area contributed by atoms with Gasteiger partial charge in [-0.3, -0.25) is 9.79 Å². The number of carbonyl (C=O) groups is 1. The van der Waals surface area contributed by atoms with E-state index in [-0.39, 0.29) is 5.91 Å². The molecule has 154 valence electrons. The van der Waals surface area contributed by atoms with Gasteiger partial charge >= 0.3 is 0 Å². The summed E-state index contributed by atoms with van der Waals surface area (Å²) in [4.78, 5) is 18.1. The van der Waals surface area contributed by atoms with Crippen LogP contribution in [0.25, 0.3) is 0 Å². The second-order valence-electron chi connectivity index (χ2n) is 8.24. The van der Waals surface area contributed by atoms with Crippen molar-refractivity contribution in [3.63, 3.8) is 0 Å². The molecule has 28 heavy (non-hydrogen) atoms. The molecule has 1 saturated carbocycles. The van der Waals surface area contributed by atoms with E-state index in [0.717, 1.165) is 44.5 Å². The molecule has 1 heterocycles. The summed E-state index contributed by atoms with van der Waals surface area (Å²) < 4.78 is 0. The van der Waals surface area contributed by atoms with Crippen LogP contribution in [-0.2, 0) is 17.9 Å². The van der Waals surface area contributed by atoms with Crippen LogP contribution in [0.2, 0.25) is 0 Å². The lowest BCUT2D eigenvalue weighted by Crippen LogP contribution is -2.37. The number of carbonyl (C=O) groups excluding carboxylic acids is 1. The van der Waals surface area contributed by atoms with Crippen LogP contribution in [0.1, 0.15) is 68.9 Å². The third kappa shape index (κ3) is 6.54. The van der Waals surface area contributed by atoms with Crippen molar-refractivity contribution >= 4 is 11.9 Å². The molecule has 5 heteroatoms. The molecule has 1 saturated heterocycles. The summed E-state index contributed by atoms with van der Waals surface area (Å²) in [7, 11) is 1.83. The Morgan fingerprint density at radius 3 is 2.71 bits per heavy atom. The smallest absolute Gasteiger partial charge is 0.222 e. The van der Waals surface area contributed by atoms with E-state index in [4.69, 9.17) is 0 Å². The third-order valence-electron chi connectivity index (χ3n) is 6.03. The molecule has 0 aromatic heterocycles. The predicted molar refractivity (Wildman–Crippen MR) is 115 cm³/mol. The van der Waals surface area contributed by atoms with Gasteiger partial charge in [-0.05, 0) is 36.3 Å². The second kappa shape index (κ2) is 11.1. The van der Waals surface area contributed by atoms with Crippen LogP contribution >= 0.6 is 0 Å². The summed E-state index contributed by atoms with van der Waals surface area (Å²) in [5.74, 6) is 2.08. The number of rotatable bonds is 8. The molecular weight excluding hydrogens is 348 g/mol. The fourth-order valence-corrected chi connectivity index (χ4v) is 4.41. The molecule has 0 spiro atoms. The van der Waals surface area contributed by atoms with Gasteiger partial charge in [0.2, 0.25) is 5.91 Å². The number of hydrogen-bond acceptors (Lipinski definition) is 2. The third-order valence-corrected chi connectivity index (χ3v) is 6.03. The van der Waals surface area contributed by atoms with Crippen LogP contribution < -0.4 is 10.6 Å². The quantitative estimate of drug-likeness (QED) is 0.407. The number of aliphatic imine (C=N–C) groups is 1. The lowest BCUT2D eigenvalue weighted by molar-refractivity contribution is -0.128. The summed E-state index contributed by atoms with van der Waals surface area (Å²) in [5.41, 5.74) is 2.42. The highest BCUT2D eigenvalue weighted by Gasteiger charge is 2.19. The average Bonchev–Trinajstić information content (AvgIpc) is 3.13. The fourth-order valence-electron chi connectivity index (χ4n) is 4.41. The van der Waals surface area contributed by atoms with Gasteiger partial charge in [0.25, 0.3) is 0 Å². The molecule has 0 bridgehead atoms. The van der Waals surface area contributed by atoms with Crippen molar-refractivity contribution in [1.82, 2.24) is 15.5 Å². The molecule has 1 aromatic carbocycles. The summed E-state index contributed by atoms with van der Waals surface area (Å²) in [6, 6.07) is 8.49. The van der Waals surface area contributed by atoms with Crippen molar-refractivity contribution in [2.45, 2.75) is 70.9 Å². The molecule has 3 rings (SSSR count). The Labute approximate surface area is 170 Å². The number of guanidine groups is 1. The molecule has 2 N–H and O–H groups in total. The monoisotopic (exact) mass is 384 g/mol. The van der Waals surface area contributed by atoms with Crippen molar-refractivity contribution < 1.29 is 4.79 Å². The van der Waals surface area contributed by atoms with Gasteiger partial charge in [-0.1, -0.05) is 56.4 Å². The van der Waals surface area contributed by atoms with Gasteiger partial charge in [0.05, 0.1) is 0 Å². The van der Waals surface area contributed by atoms with Crippen molar-refractivity contribution in [3.8, 4) is 0 Å². The Morgan fingerprint density at radius 2 is 1.96 bits per heavy atom. The van der Waals surface area contributed by atoms with E-state index in [1.54, 1.807) is 0 Å². The lowest BCUT2D eigenvalue weighted by atomic mass is 9.86. The molecule has 0 radical (unpaired) electrons. The van der Waals surface area contributed by atoms with Crippen molar-refractivity contribution in [2.24, 2.45) is 10.9 Å². The minimum Gasteiger partial charge on any atom is -0.356 e. The van der Waals surface area contributed by atoms with E-state index in [0.29, 0.717) is 6.42 Å². The molecule has 0 unspecified atom stereocenters. The highest BCUT2D eigenvalue weighted by atomic mass is 16.2. The average molecular weight is 385 g/mol. The Balaban J connectivity index is 1.38. The molecule has 0 atom stereocenters. The molecule has 1 amide bonds. The summed E-state index contributed by atoms with van der Waals surface area (Å²) >= 11 is 0. The summed E-state index contributed by atoms with van der Waals surface area (Å²) in [6.45, 7) is 3.33. The molecule has 1 aromatic rings. The number of amides is 1. The molecule has 5 nitrogen and oxygen atoms in total. The first-order chi connectivity index (χ1) is 13.7. The minimum absolute atomic E-state index is 0.279. The van der Waals surface area contributed by atoms with Gasteiger partial charge in [-0.15, -0.1) is 0 Å². The number of nitrogens with zero attached hydrogens (tertiary/aromatic N) is 2. The zero-order chi connectivity index (χ0) is 19.6. The Kier molecular flexibility index (Phi) is 8.19. The zero-order valence-corrected chi connectivity index (χ0v) is 17.4. The van der Waals surface area contributed by atoms with Gasteiger partial charge in [-0.2, -0.15) is 0 Å². The maximum absolute atomic E-state index is 11.8. The standard InChI is InChI=1S/C23H36N4O/c1-24-23(25-14-6-12-19-8-3-2-4-9-19)26-17-20-10-5-11-21(16-20)18-27-15-7-13-22(27)28/h5,10-11,16,19H,2-4,6-9,12-15,17-18H2,1H3,(H2,24,25,26). The van der Waals surface area contributed by atoms with Crippen LogP contribution in [0.4, 0.5) is 0 Å². The van der Waals surface area contributed by atoms with E-state index in [1.807, 2.05) is 11.9 Å². The first-order valence-corrected chi connectivity index (χ1v) is 11.0. The minimum atomic E-state index is 0.279. The highest BCUT2D eigenvalue weighted by Crippen LogP contribution is 2.26. The first-order valence-electron chi connectivity index (χ1n) is 11.0. The van der Waals surface area contributed by atoms with Crippen LogP contribution in [0.5, 0.6) is 0 Å². The first kappa shape index (κ1) is 20.7. The van der Waals surface area contributed by atoms with Crippen LogP contribution in [0.15, 0.2) is 29.3 Å². The van der Waals surface area contributed by atoms with E-state index < -0.39 is 0 Å². The van der Waals surface area contributed by atoms with Gasteiger partial charge in [0.1, 0.15) is 0 Å². The van der Waals surface area contributed by atoms with E-state index in [1.165, 1.54) is 56.1 Å². The summed E-state index contributed by atoms with van der Waals surface area (Å²) in [5, 5.41) is 6.86. The van der Waals surface area contributed by atoms with Crippen molar-refractivity contribution in [2.75, 3.05) is 20.1 Å².